The van der Waals surface area contributed by atoms with E-state index in [1.54, 1.807) is 12.1 Å². The third kappa shape index (κ3) is 3.91. The van der Waals surface area contributed by atoms with Gasteiger partial charge in [0, 0.05) is 24.4 Å². The molecule has 0 bridgehead atoms. The minimum atomic E-state index is 0.455. The zero-order valence-electron chi connectivity index (χ0n) is 16.1. The summed E-state index contributed by atoms with van der Waals surface area (Å²) in [4.78, 5) is 11.4. The molecule has 1 aliphatic rings. The third-order valence-electron chi connectivity index (χ3n) is 4.63. The number of aryl methyl sites for hydroxylation is 1. The number of aromatic nitrogens is 1. The van der Waals surface area contributed by atoms with Gasteiger partial charge in [-0.05, 0) is 55.7 Å². The Balaban J connectivity index is 1.95. The summed E-state index contributed by atoms with van der Waals surface area (Å²) >= 11 is 5.98. The Morgan fingerprint density at radius 2 is 2.04 bits per heavy atom. The fraction of sp³-hybridized carbons (Fsp3) is 0.273. The number of anilines is 1. The van der Waals surface area contributed by atoms with Crippen LogP contribution >= 0.6 is 11.6 Å². The van der Waals surface area contributed by atoms with Crippen molar-refractivity contribution < 1.29 is 0 Å². The van der Waals surface area contributed by atoms with Crippen molar-refractivity contribution in [2.75, 3.05) is 11.9 Å². The fourth-order valence-electron chi connectivity index (χ4n) is 3.37. The summed E-state index contributed by atoms with van der Waals surface area (Å²) in [5, 5.41) is 3.90. The Morgan fingerprint density at radius 1 is 1.26 bits per heavy atom. The van der Waals surface area contributed by atoms with Crippen molar-refractivity contribution in [3.8, 4) is 0 Å². The van der Waals surface area contributed by atoms with Crippen molar-refractivity contribution in [1.82, 2.24) is 9.88 Å². The van der Waals surface area contributed by atoms with Gasteiger partial charge in [0.25, 0.3) is 0 Å². The lowest BCUT2D eigenvalue weighted by Gasteiger charge is -2.32. The number of hydrogen-bond acceptors (Lipinski definition) is 4. The lowest BCUT2D eigenvalue weighted by Crippen LogP contribution is -2.30. The Hall–Kier alpha value is -2.59. The first-order chi connectivity index (χ1) is 12.9. The minimum Gasteiger partial charge on any atom is -0.379 e. The van der Waals surface area contributed by atoms with Crippen LogP contribution in [0.15, 0.2) is 42.4 Å². The van der Waals surface area contributed by atoms with Crippen molar-refractivity contribution in [2.45, 2.75) is 33.7 Å². The van der Waals surface area contributed by atoms with Crippen molar-refractivity contribution in [2.24, 2.45) is 4.99 Å². The smallest absolute Gasteiger partial charge is 0.129 e. The molecule has 5 heteroatoms. The molecule has 1 N–H and O–H groups in total. The highest BCUT2D eigenvalue weighted by Crippen LogP contribution is 2.37. The highest BCUT2D eigenvalue weighted by atomic mass is 35.5. The van der Waals surface area contributed by atoms with Gasteiger partial charge in [0.15, 0.2) is 0 Å². The molecular weight excluding hydrogens is 356 g/mol. The number of fused-ring (bicyclic) bond motifs is 1. The van der Waals surface area contributed by atoms with Crippen LogP contribution in [0.3, 0.4) is 0 Å². The molecule has 1 aromatic heterocycles. The monoisotopic (exact) mass is 380 g/mol. The maximum Gasteiger partial charge on any atom is 0.129 e. The predicted octanol–water partition coefficient (Wildman–Crippen LogP) is 6.04. The molecule has 2 aromatic rings. The molecule has 0 fully saturated rings. The van der Waals surface area contributed by atoms with E-state index in [0.717, 1.165) is 52.7 Å². The average Bonchev–Trinajstić information content (AvgIpc) is 2.64. The van der Waals surface area contributed by atoms with Gasteiger partial charge < -0.3 is 10.2 Å². The average molecular weight is 381 g/mol. The van der Waals surface area contributed by atoms with E-state index in [2.05, 4.69) is 54.3 Å². The minimum absolute atomic E-state index is 0.455. The van der Waals surface area contributed by atoms with E-state index < -0.39 is 0 Å². The highest BCUT2D eigenvalue weighted by molar-refractivity contribution is 6.29. The van der Waals surface area contributed by atoms with Gasteiger partial charge in [-0.25, -0.2) is 9.98 Å². The Bertz CT molecular complexity index is 930. The largest absolute Gasteiger partial charge is 0.379 e. The quantitative estimate of drug-likeness (QED) is 0.620. The SMILES string of the molecule is C=Cc1nc(Cl)ccc1NCc1cc(C)cc2c1N=C(C)N(CCC)C2=C. The van der Waals surface area contributed by atoms with Crippen molar-refractivity contribution >= 4 is 40.6 Å². The van der Waals surface area contributed by atoms with Crippen molar-refractivity contribution in [3.05, 3.63) is 65.0 Å². The summed E-state index contributed by atoms with van der Waals surface area (Å²) in [7, 11) is 0. The fourth-order valence-corrected chi connectivity index (χ4v) is 3.52. The zero-order chi connectivity index (χ0) is 19.6. The summed E-state index contributed by atoms with van der Waals surface area (Å²) in [5.41, 5.74) is 7.07. The molecule has 1 aliphatic heterocycles. The van der Waals surface area contributed by atoms with E-state index in [-0.39, 0.29) is 0 Å². The van der Waals surface area contributed by atoms with E-state index in [0.29, 0.717) is 11.7 Å². The molecule has 27 heavy (non-hydrogen) atoms. The van der Waals surface area contributed by atoms with Crippen LogP contribution in [0, 0.1) is 6.92 Å². The second-order valence-electron chi connectivity index (χ2n) is 6.70. The molecule has 2 heterocycles. The first-order valence-electron chi connectivity index (χ1n) is 9.13. The van der Waals surface area contributed by atoms with Crippen LogP contribution in [-0.4, -0.2) is 22.3 Å². The van der Waals surface area contributed by atoms with Crippen LogP contribution in [0.2, 0.25) is 5.15 Å². The number of hydrogen-bond donors (Lipinski definition) is 1. The topological polar surface area (TPSA) is 40.5 Å². The molecule has 0 atom stereocenters. The van der Waals surface area contributed by atoms with E-state index in [1.807, 2.05) is 13.0 Å². The van der Waals surface area contributed by atoms with E-state index in [4.69, 9.17) is 16.6 Å². The second-order valence-corrected chi connectivity index (χ2v) is 7.09. The van der Waals surface area contributed by atoms with Gasteiger partial charge in [0.2, 0.25) is 0 Å². The number of nitrogens with zero attached hydrogens (tertiary/aromatic N) is 3. The molecule has 0 saturated carbocycles. The first-order valence-corrected chi connectivity index (χ1v) is 9.50. The lowest BCUT2D eigenvalue weighted by molar-refractivity contribution is 0.564. The molecule has 140 valence electrons. The van der Waals surface area contributed by atoms with Crippen LogP contribution in [0.4, 0.5) is 11.4 Å². The highest BCUT2D eigenvalue weighted by Gasteiger charge is 2.23. The van der Waals surface area contributed by atoms with E-state index >= 15 is 0 Å². The lowest BCUT2D eigenvalue weighted by atomic mass is 9.98. The summed E-state index contributed by atoms with van der Waals surface area (Å²) in [6, 6.07) is 8.03. The second kappa shape index (κ2) is 7.97. The summed E-state index contributed by atoms with van der Waals surface area (Å²) in [6.45, 7) is 16.0. The zero-order valence-corrected chi connectivity index (χ0v) is 16.9. The Morgan fingerprint density at radius 3 is 2.74 bits per heavy atom. The predicted molar refractivity (Wildman–Crippen MR) is 117 cm³/mol. The van der Waals surface area contributed by atoms with E-state index in [9.17, 15) is 0 Å². The molecule has 0 saturated heterocycles. The van der Waals surface area contributed by atoms with Gasteiger partial charge in [0.1, 0.15) is 11.0 Å². The van der Waals surface area contributed by atoms with Crippen LogP contribution in [0.5, 0.6) is 0 Å². The number of nitrogens with one attached hydrogen (secondary N) is 1. The van der Waals surface area contributed by atoms with Gasteiger partial charge in [-0.1, -0.05) is 37.7 Å². The number of halogens is 1. The van der Waals surface area contributed by atoms with Crippen LogP contribution in [0.1, 0.15) is 42.7 Å². The molecule has 0 unspecified atom stereocenters. The molecule has 0 aliphatic carbocycles. The molecule has 1 aromatic carbocycles. The molecule has 0 radical (unpaired) electrons. The number of amidine groups is 1. The number of aliphatic imine (C=N–C) groups is 1. The molecule has 3 rings (SSSR count). The molecule has 4 nitrogen and oxygen atoms in total. The van der Waals surface area contributed by atoms with Gasteiger partial charge >= 0.3 is 0 Å². The summed E-state index contributed by atoms with van der Waals surface area (Å²) in [5.74, 6) is 0.986. The van der Waals surface area contributed by atoms with Gasteiger partial charge in [-0.2, -0.15) is 0 Å². The van der Waals surface area contributed by atoms with Gasteiger partial charge in [-0.15, -0.1) is 0 Å². The molecule has 0 spiro atoms. The maximum absolute atomic E-state index is 5.98. The number of benzene rings is 1. The standard InChI is InChI=1S/C22H25ClN4/c1-6-10-27-15(4)18-12-14(3)11-17(22(18)25-16(27)5)13-24-20-8-9-21(23)26-19(20)7-2/h7-9,11-12,24H,2,4,6,10,13H2,1,3,5H3. The number of rotatable bonds is 6. The van der Waals surface area contributed by atoms with Crippen LogP contribution in [-0.2, 0) is 6.54 Å². The van der Waals surface area contributed by atoms with Gasteiger partial charge in [-0.3, -0.25) is 0 Å². The third-order valence-corrected chi connectivity index (χ3v) is 4.85. The molecular formula is C22H25ClN4. The first kappa shape index (κ1) is 19.2. The van der Waals surface area contributed by atoms with Crippen LogP contribution < -0.4 is 5.32 Å². The summed E-state index contributed by atoms with van der Waals surface area (Å²) in [6.07, 6.45) is 2.75. The Labute approximate surface area is 166 Å². The van der Waals surface area contributed by atoms with Crippen molar-refractivity contribution in [3.63, 3.8) is 0 Å². The van der Waals surface area contributed by atoms with Crippen molar-refractivity contribution in [1.29, 1.82) is 0 Å². The maximum atomic E-state index is 5.98. The van der Waals surface area contributed by atoms with Crippen LogP contribution in [0.25, 0.3) is 11.8 Å². The Kier molecular flexibility index (Phi) is 5.66. The normalized spacial score (nSPS) is 13.3. The van der Waals surface area contributed by atoms with E-state index in [1.165, 1.54) is 5.56 Å². The number of pyridine rings is 1. The summed E-state index contributed by atoms with van der Waals surface area (Å²) < 4.78 is 0. The molecule has 0 amide bonds. The van der Waals surface area contributed by atoms with Gasteiger partial charge in [0.05, 0.1) is 17.1 Å².